The summed E-state index contributed by atoms with van der Waals surface area (Å²) >= 11 is 0. The summed E-state index contributed by atoms with van der Waals surface area (Å²) in [5.41, 5.74) is 1.60. The van der Waals surface area contributed by atoms with Crippen LogP contribution in [0.25, 0.3) is 0 Å². The topological polar surface area (TPSA) is 67.7 Å². The molecule has 2 fully saturated rings. The van der Waals surface area contributed by atoms with E-state index < -0.39 is 0 Å². The van der Waals surface area contributed by atoms with Crippen LogP contribution in [0, 0.1) is 23.7 Å². The van der Waals surface area contributed by atoms with Gasteiger partial charge in [-0.15, -0.1) is 0 Å². The summed E-state index contributed by atoms with van der Waals surface area (Å²) in [6.07, 6.45) is 11.0. The van der Waals surface area contributed by atoms with Crippen molar-refractivity contribution in [1.29, 1.82) is 0 Å². The van der Waals surface area contributed by atoms with Crippen LogP contribution in [0.4, 0.5) is 0 Å². The molecule has 7 heteroatoms. The molecular weight excluding hydrogens is 440 g/mol. The first-order chi connectivity index (χ1) is 16.9. The Morgan fingerprint density at radius 1 is 1.17 bits per heavy atom. The van der Waals surface area contributed by atoms with Crippen molar-refractivity contribution in [3.05, 3.63) is 59.9 Å². The molecule has 5 rings (SSSR count). The number of carbonyl (C=O) groups is 2. The average molecular weight is 477 g/mol. The predicted octanol–water partition coefficient (Wildman–Crippen LogP) is 3.56. The van der Waals surface area contributed by atoms with E-state index in [0.717, 1.165) is 56.5 Å². The van der Waals surface area contributed by atoms with Crippen LogP contribution in [0.3, 0.4) is 0 Å². The molecule has 0 unspecified atom stereocenters. The maximum absolute atomic E-state index is 13.3. The number of nitrogens with zero attached hydrogens (tertiary/aromatic N) is 4. The van der Waals surface area contributed by atoms with E-state index in [1.54, 1.807) is 24.1 Å². The van der Waals surface area contributed by atoms with E-state index in [9.17, 15) is 9.59 Å². The van der Waals surface area contributed by atoms with Crippen LogP contribution in [-0.2, 0) is 18.3 Å². The van der Waals surface area contributed by atoms with Crippen molar-refractivity contribution in [3.63, 3.8) is 0 Å². The largest absolute Gasteiger partial charge is 0.497 e. The molecule has 4 atom stereocenters. The summed E-state index contributed by atoms with van der Waals surface area (Å²) in [5, 5.41) is 4.34. The molecule has 7 nitrogen and oxygen atoms in total. The minimum Gasteiger partial charge on any atom is -0.497 e. The molecule has 1 aliphatic heterocycles. The van der Waals surface area contributed by atoms with Gasteiger partial charge in [0.25, 0.3) is 5.91 Å². The molecule has 2 amide bonds. The Morgan fingerprint density at radius 2 is 1.97 bits per heavy atom. The van der Waals surface area contributed by atoms with Gasteiger partial charge in [-0.1, -0.05) is 24.3 Å². The highest BCUT2D eigenvalue weighted by Crippen LogP contribution is 2.44. The van der Waals surface area contributed by atoms with E-state index in [2.05, 4.69) is 28.2 Å². The van der Waals surface area contributed by atoms with Crippen LogP contribution >= 0.6 is 0 Å². The molecule has 186 valence electrons. The quantitative estimate of drug-likeness (QED) is 0.573. The van der Waals surface area contributed by atoms with Crippen molar-refractivity contribution in [1.82, 2.24) is 19.6 Å². The first-order valence-electron chi connectivity index (χ1n) is 12.8. The van der Waals surface area contributed by atoms with Crippen molar-refractivity contribution < 1.29 is 14.3 Å². The van der Waals surface area contributed by atoms with Gasteiger partial charge >= 0.3 is 0 Å². The molecule has 3 aliphatic rings. The number of hydrogen-bond donors (Lipinski definition) is 0. The summed E-state index contributed by atoms with van der Waals surface area (Å²) in [7, 11) is 5.39. The normalized spacial score (nSPS) is 24.5. The van der Waals surface area contributed by atoms with E-state index in [1.165, 1.54) is 0 Å². The molecule has 1 aromatic heterocycles. The average Bonchev–Trinajstić information content (AvgIpc) is 3.64. The molecule has 0 N–H and O–H groups in total. The van der Waals surface area contributed by atoms with Gasteiger partial charge in [-0.25, -0.2) is 0 Å². The van der Waals surface area contributed by atoms with Crippen molar-refractivity contribution in [2.75, 3.05) is 27.2 Å². The van der Waals surface area contributed by atoms with Crippen molar-refractivity contribution in [2.45, 2.75) is 38.1 Å². The van der Waals surface area contributed by atoms with Crippen LogP contribution in [0.5, 0.6) is 5.75 Å². The molecule has 2 heterocycles. The zero-order valence-electron chi connectivity index (χ0n) is 21.0. The highest BCUT2D eigenvalue weighted by molar-refractivity contribution is 5.92. The number of piperidine rings is 1. The number of amides is 2. The number of aromatic nitrogens is 2. The minimum atomic E-state index is -0.0641. The Bertz CT molecular complexity index is 1100. The second-order valence-corrected chi connectivity index (χ2v) is 10.5. The Balaban J connectivity index is 1.30. The zero-order chi connectivity index (χ0) is 24.5. The Morgan fingerprint density at radius 3 is 2.60 bits per heavy atom. The summed E-state index contributed by atoms with van der Waals surface area (Å²) in [6.45, 7) is 1.53. The van der Waals surface area contributed by atoms with Gasteiger partial charge in [0, 0.05) is 45.3 Å². The number of hydrogen-bond acceptors (Lipinski definition) is 4. The Kier molecular flexibility index (Phi) is 6.67. The standard InChI is InChI=1S/C28H36N4O3/c1-30-12-11-25(29-30)28(34)31(2)26(18-19-5-4-6-23(16-19)35-3)21-9-13-32(14-10-21)27(33)24-17-20-7-8-22(24)15-20/h4-8,11-12,16,20-22,24,26H,9-10,13-15,17-18H2,1-3H3/t20-,22+,24+,26+/m1/s1. The third-order valence-corrected chi connectivity index (χ3v) is 8.32. The van der Waals surface area contributed by atoms with Crippen LogP contribution < -0.4 is 4.74 Å². The number of carbonyl (C=O) groups excluding carboxylic acids is 2. The number of likely N-dealkylation sites (tertiary alicyclic amines) is 1. The molecule has 2 aromatic rings. The lowest BCUT2D eigenvalue weighted by molar-refractivity contribution is -0.138. The summed E-state index contributed by atoms with van der Waals surface area (Å²) in [4.78, 5) is 30.5. The van der Waals surface area contributed by atoms with Gasteiger partial charge in [-0.2, -0.15) is 5.10 Å². The summed E-state index contributed by atoms with van der Waals surface area (Å²) < 4.78 is 7.09. The van der Waals surface area contributed by atoms with Gasteiger partial charge in [0.1, 0.15) is 11.4 Å². The number of aryl methyl sites for hydroxylation is 1. The van der Waals surface area contributed by atoms with Crippen molar-refractivity contribution >= 4 is 11.8 Å². The van der Waals surface area contributed by atoms with Gasteiger partial charge in [0.05, 0.1) is 7.11 Å². The SMILES string of the molecule is COc1cccc(C[C@@H](C2CCN(C(=O)[C@H]3C[C@@H]4C=C[C@H]3C4)CC2)N(C)C(=O)c2ccn(C)n2)c1. The third-order valence-electron chi connectivity index (χ3n) is 8.32. The number of allylic oxidation sites excluding steroid dienone is 2. The first kappa shape index (κ1) is 23.6. The van der Waals surface area contributed by atoms with Crippen LogP contribution in [0.2, 0.25) is 0 Å². The van der Waals surface area contributed by atoms with Gasteiger partial charge < -0.3 is 14.5 Å². The van der Waals surface area contributed by atoms with E-state index >= 15 is 0 Å². The number of likely N-dealkylation sites (N-methyl/N-ethyl adjacent to an activating group) is 1. The lowest BCUT2D eigenvalue weighted by Crippen LogP contribution is -2.49. The van der Waals surface area contributed by atoms with Gasteiger partial charge in [0.15, 0.2) is 0 Å². The van der Waals surface area contributed by atoms with Gasteiger partial charge in [-0.05, 0) is 73.6 Å². The van der Waals surface area contributed by atoms with Gasteiger partial charge in [-0.3, -0.25) is 14.3 Å². The molecule has 2 bridgehead atoms. The van der Waals surface area contributed by atoms with Crippen LogP contribution in [-0.4, -0.2) is 64.7 Å². The molecular formula is C28H36N4O3. The van der Waals surface area contributed by atoms with E-state index in [0.29, 0.717) is 29.4 Å². The number of fused-ring (bicyclic) bond motifs is 2. The van der Waals surface area contributed by atoms with E-state index in [4.69, 9.17) is 4.74 Å². The fourth-order valence-corrected chi connectivity index (χ4v) is 6.32. The molecule has 0 spiro atoms. The molecule has 0 radical (unpaired) electrons. The minimum absolute atomic E-state index is 0.0132. The van der Waals surface area contributed by atoms with E-state index in [-0.39, 0.29) is 17.9 Å². The molecule has 35 heavy (non-hydrogen) atoms. The Labute approximate surface area is 207 Å². The number of benzene rings is 1. The monoisotopic (exact) mass is 476 g/mol. The predicted molar refractivity (Wildman–Crippen MR) is 134 cm³/mol. The van der Waals surface area contributed by atoms with Crippen molar-refractivity contribution in [2.24, 2.45) is 30.7 Å². The summed E-state index contributed by atoms with van der Waals surface area (Å²) in [6, 6.07) is 9.86. The molecule has 1 saturated carbocycles. The third kappa shape index (κ3) is 4.86. The van der Waals surface area contributed by atoms with Crippen molar-refractivity contribution in [3.8, 4) is 5.75 Å². The van der Waals surface area contributed by atoms with E-state index in [1.807, 2.05) is 37.2 Å². The fourth-order valence-electron chi connectivity index (χ4n) is 6.32. The molecule has 1 aromatic carbocycles. The maximum atomic E-state index is 13.3. The first-order valence-corrected chi connectivity index (χ1v) is 12.8. The number of methoxy groups -OCH3 is 1. The van der Waals surface area contributed by atoms with Gasteiger partial charge in [0.2, 0.25) is 5.91 Å². The molecule has 1 saturated heterocycles. The lowest BCUT2D eigenvalue weighted by Gasteiger charge is -2.41. The second kappa shape index (κ2) is 9.88. The molecule has 2 aliphatic carbocycles. The second-order valence-electron chi connectivity index (χ2n) is 10.5. The summed E-state index contributed by atoms with van der Waals surface area (Å²) in [5.74, 6) is 2.61. The highest BCUT2D eigenvalue weighted by atomic mass is 16.5. The van der Waals surface area contributed by atoms with Crippen LogP contribution in [0.1, 0.15) is 41.7 Å². The zero-order valence-corrected chi connectivity index (χ0v) is 21.0. The van der Waals surface area contributed by atoms with Crippen LogP contribution in [0.15, 0.2) is 48.7 Å². The highest BCUT2D eigenvalue weighted by Gasteiger charge is 2.42. The number of ether oxygens (including phenoxy) is 1. The lowest BCUT2D eigenvalue weighted by atomic mass is 9.84. The maximum Gasteiger partial charge on any atom is 0.274 e. The fraction of sp³-hybridized carbons (Fsp3) is 0.536. The Hall–Kier alpha value is -3.09. The number of rotatable bonds is 7. The smallest absolute Gasteiger partial charge is 0.274 e.